The van der Waals surface area contributed by atoms with Crippen molar-refractivity contribution >= 4 is 34.7 Å². The van der Waals surface area contributed by atoms with Gasteiger partial charge in [0.05, 0.1) is 17.0 Å². The molecule has 0 aliphatic carbocycles. The summed E-state index contributed by atoms with van der Waals surface area (Å²) in [7, 11) is 0. The number of rotatable bonds is 4. The molecule has 0 radical (unpaired) electrons. The molecule has 0 unspecified atom stereocenters. The van der Waals surface area contributed by atoms with Gasteiger partial charge in [0, 0.05) is 27.6 Å². The number of benzene rings is 2. The van der Waals surface area contributed by atoms with Gasteiger partial charge in [0.15, 0.2) is 0 Å². The van der Waals surface area contributed by atoms with E-state index in [4.69, 9.17) is 11.6 Å². The van der Waals surface area contributed by atoms with Crippen LogP contribution in [0.1, 0.15) is 21.6 Å². The Bertz CT molecular complexity index is 1230. The van der Waals surface area contributed by atoms with Gasteiger partial charge in [-0.15, -0.1) is 11.3 Å². The number of alkyl halides is 3. The van der Waals surface area contributed by atoms with Crippen molar-refractivity contribution in [1.29, 1.82) is 0 Å². The molecule has 1 N–H and O–H groups in total. The first-order chi connectivity index (χ1) is 14.7. The van der Waals surface area contributed by atoms with Crippen molar-refractivity contribution in [1.82, 2.24) is 14.8 Å². The molecule has 0 saturated carbocycles. The van der Waals surface area contributed by atoms with E-state index in [1.165, 1.54) is 16.0 Å². The van der Waals surface area contributed by atoms with E-state index >= 15 is 0 Å². The van der Waals surface area contributed by atoms with Gasteiger partial charge in [-0.25, -0.2) is 4.98 Å². The van der Waals surface area contributed by atoms with Gasteiger partial charge in [-0.05, 0) is 43.3 Å². The summed E-state index contributed by atoms with van der Waals surface area (Å²) in [5.74, 6) is -0.191. The summed E-state index contributed by atoms with van der Waals surface area (Å²) < 4.78 is 39.7. The van der Waals surface area contributed by atoms with E-state index in [1.807, 2.05) is 17.5 Å². The number of aryl methyl sites for hydroxylation is 1. The normalized spacial score (nSPS) is 11.5. The summed E-state index contributed by atoms with van der Waals surface area (Å²) in [5.41, 5.74) is 1.53. The van der Waals surface area contributed by atoms with Gasteiger partial charge >= 0.3 is 6.18 Å². The van der Waals surface area contributed by atoms with Crippen LogP contribution in [0.5, 0.6) is 0 Å². The molecule has 0 saturated heterocycles. The van der Waals surface area contributed by atoms with E-state index in [0.29, 0.717) is 21.7 Å². The van der Waals surface area contributed by atoms with Crippen molar-refractivity contribution in [3.05, 3.63) is 81.8 Å². The predicted octanol–water partition coefficient (Wildman–Crippen LogP) is 6.23. The summed E-state index contributed by atoms with van der Waals surface area (Å²) in [6.07, 6.45) is -4.46. The third-order valence-corrected chi connectivity index (χ3v) is 5.43. The molecule has 0 fully saturated rings. The van der Waals surface area contributed by atoms with E-state index in [0.717, 1.165) is 35.5 Å². The van der Waals surface area contributed by atoms with Crippen LogP contribution in [0.25, 0.3) is 16.4 Å². The lowest BCUT2D eigenvalue weighted by atomic mass is 10.1. The molecule has 2 heterocycles. The fourth-order valence-corrected chi connectivity index (χ4v) is 3.77. The molecule has 0 atom stereocenters. The van der Waals surface area contributed by atoms with Crippen molar-refractivity contribution in [2.75, 3.05) is 5.32 Å². The van der Waals surface area contributed by atoms with Crippen molar-refractivity contribution < 1.29 is 18.0 Å². The quantitative estimate of drug-likeness (QED) is 0.391. The zero-order chi connectivity index (χ0) is 22.2. The monoisotopic (exact) mass is 462 g/mol. The molecule has 1 amide bonds. The maximum absolute atomic E-state index is 12.7. The van der Waals surface area contributed by atoms with E-state index in [2.05, 4.69) is 15.4 Å². The minimum absolute atomic E-state index is 0.0967. The molecule has 0 bridgehead atoms. The van der Waals surface area contributed by atoms with Crippen molar-refractivity contribution in [3.63, 3.8) is 0 Å². The number of carbonyl (C=O) groups is 1. The molecular weight excluding hydrogens is 449 g/mol. The van der Waals surface area contributed by atoms with Crippen LogP contribution in [-0.4, -0.2) is 20.7 Å². The van der Waals surface area contributed by atoms with Gasteiger partial charge in [0.1, 0.15) is 5.82 Å². The SMILES string of the molecule is Cc1cc(NC(=O)c2ccc(C(F)(F)F)cc2)n(-c2nc(-c3ccc(Cl)cc3)cs2)n1. The zero-order valence-corrected chi connectivity index (χ0v) is 17.5. The van der Waals surface area contributed by atoms with Crippen LogP contribution in [-0.2, 0) is 6.18 Å². The summed E-state index contributed by atoms with van der Waals surface area (Å²) >= 11 is 7.26. The maximum atomic E-state index is 12.7. The Balaban J connectivity index is 1.58. The summed E-state index contributed by atoms with van der Waals surface area (Å²) in [6, 6.07) is 12.9. The average Bonchev–Trinajstić information content (AvgIpc) is 3.34. The Labute approximate surface area is 184 Å². The standard InChI is InChI=1S/C21H14ClF3N4OS/c1-12-10-18(27-19(30)14-2-6-15(7-3-14)21(23,24)25)29(28-12)20-26-17(11-31-20)13-4-8-16(22)9-5-13/h2-11H,1H3,(H,27,30). The van der Waals surface area contributed by atoms with Gasteiger partial charge in [-0.1, -0.05) is 23.7 Å². The van der Waals surface area contributed by atoms with Crippen LogP contribution in [0.15, 0.2) is 60.0 Å². The number of halogens is 4. The molecule has 2 aromatic heterocycles. The minimum atomic E-state index is -4.46. The molecule has 31 heavy (non-hydrogen) atoms. The van der Waals surface area contributed by atoms with Crippen LogP contribution in [0.4, 0.5) is 19.0 Å². The van der Waals surface area contributed by atoms with Gasteiger partial charge in [-0.3, -0.25) is 4.79 Å². The summed E-state index contributed by atoms with van der Waals surface area (Å²) in [5, 5.41) is 10.1. The fourth-order valence-electron chi connectivity index (χ4n) is 2.85. The molecule has 0 spiro atoms. The van der Waals surface area contributed by atoms with Crippen LogP contribution in [0.2, 0.25) is 5.02 Å². The molecule has 0 aliphatic heterocycles. The molecule has 0 aliphatic rings. The fraction of sp³-hybridized carbons (Fsp3) is 0.0952. The largest absolute Gasteiger partial charge is 0.416 e. The first-order valence-electron chi connectivity index (χ1n) is 8.98. The number of anilines is 1. The van der Waals surface area contributed by atoms with Crippen molar-refractivity contribution in [2.24, 2.45) is 0 Å². The van der Waals surface area contributed by atoms with Crippen molar-refractivity contribution in [2.45, 2.75) is 13.1 Å². The third-order valence-electron chi connectivity index (χ3n) is 4.36. The Hall–Kier alpha value is -3.17. The predicted molar refractivity (Wildman–Crippen MR) is 114 cm³/mol. The lowest BCUT2D eigenvalue weighted by Crippen LogP contribution is -2.15. The van der Waals surface area contributed by atoms with Crippen LogP contribution in [0, 0.1) is 6.92 Å². The second-order valence-corrected chi connectivity index (χ2v) is 7.91. The summed E-state index contributed by atoms with van der Waals surface area (Å²) in [4.78, 5) is 17.1. The van der Waals surface area contributed by atoms with E-state index < -0.39 is 17.6 Å². The topological polar surface area (TPSA) is 59.8 Å². The summed E-state index contributed by atoms with van der Waals surface area (Å²) in [6.45, 7) is 1.76. The van der Waals surface area contributed by atoms with Gasteiger partial charge in [-0.2, -0.15) is 23.0 Å². The lowest BCUT2D eigenvalue weighted by Gasteiger charge is -2.09. The van der Waals surface area contributed by atoms with Crippen LogP contribution >= 0.6 is 22.9 Å². The van der Waals surface area contributed by atoms with E-state index in [9.17, 15) is 18.0 Å². The highest BCUT2D eigenvalue weighted by Crippen LogP contribution is 2.30. The number of hydrogen-bond donors (Lipinski definition) is 1. The van der Waals surface area contributed by atoms with E-state index in [1.54, 1.807) is 25.1 Å². The second kappa shape index (κ2) is 8.16. The zero-order valence-electron chi connectivity index (χ0n) is 15.9. The number of thiazole rings is 1. The van der Waals surface area contributed by atoms with Crippen LogP contribution < -0.4 is 5.32 Å². The first-order valence-corrected chi connectivity index (χ1v) is 10.2. The molecular formula is C21H14ClF3N4OS. The van der Waals surface area contributed by atoms with E-state index in [-0.39, 0.29) is 5.56 Å². The Kier molecular flexibility index (Phi) is 5.55. The van der Waals surface area contributed by atoms with Gasteiger partial charge in [0.25, 0.3) is 5.91 Å². The third kappa shape index (κ3) is 4.62. The van der Waals surface area contributed by atoms with Crippen LogP contribution in [0.3, 0.4) is 0 Å². The number of aromatic nitrogens is 3. The molecule has 4 rings (SSSR count). The minimum Gasteiger partial charge on any atom is -0.306 e. The molecule has 4 aromatic rings. The smallest absolute Gasteiger partial charge is 0.306 e. The van der Waals surface area contributed by atoms with Crippen molar-refractivity contribution in [3.8, 4) is 16.4 Å². The Morgan fingerprint density at radius 2 is 1.77 bits per heavy atom. The number of nitrogens with one attached hydrogen (secondary N) is 1. The molecule has 158 valence electrons. The molecule has 5 nitrogen and oxygen atoms in total. The maximum Gasteiger partial charge on any atom is 0.416 e. The highest BCUT2D eigenvalue weighted by molar-refractivity contribution is 7.12. The highest BCUT2D eigenvalue weighted by atomic mass is 35.5. The molecule has 2 aromatic carbocycles. The first kappa shape index (κ1) is 21.1. The second-order valence-electron chi connectivity index (χ2n) is 6.63. The van der Waals surface area contributed by atoms with Gasteiger partial charge in [0.2, 0.25) is 5.13 Å². The van der Waals surface area contributed by atoms with Gasteiger partial charge < -0.3 is 5.32 Å². The highest BCUT2D eigenvalue weighted by Gasteiger charge is 2.30. The Morgan fingerprint density at radius 1 is 1.10 bits per heavy atom. The number of hydrogen-bond acceptors (Lipinski definition) is 4. The number of carbonyl (C=O) groups excluding carboxylic acids is 1. The number of amides is 1. The lowest BCUT2D eigenvalue weighted by molar-refractivity contribution is -0.137. The average molecular weight is 463 g/mol. The number of nitrogens with zero attached hydrogens (tertiary/aromatic N) is 3. The Morgan fingerprint density at radius 3 is 2.42 bits per heavy atom. The molecule has 10 heteroatoms.